The Balaban J connectivity index is 1.99. The number of hydrogen-bond donors (Lipinski definition) is 2. The quantitative estimate of drug-likeness (QED) is 0.311. The highest BCUT2D eigenvalue weighted by Gasteiger charge is 2.47. The number of aliphatic hydroxyl groups excluding tert-OH is 1. The van der Waals surface area contributed by atoms with Gasteiger partial charge in [0.25, 0.3) is 11.7 Å². The number of benzene rings is 3. The second kappa shape index (κ2) is 8.64. The van der Waals surface area contributed by atoms with Crippen LogP contribution < -0.4 is 9.64 Å². The summed E-state index contributed by atoms with van der Waals surface area (Å²) in [7, 11) is 1.47. The van der Waals surface area contributed by atoms with E-state index in [-0.39, 0.29) is 21.9 Å². The van der Waals surface area contributed by atoms with Gasteiger partial charge in [0.15, 0.2) is 0 Å². The molecule has 0 aliphatic carbocycles. The molecule has 168 valence electrons. The van der Waals surface area contributed by atoms with Crippen LogP contribution in [0.5, 0.6) is 11.5 Å². The molecule has 1 atom stereocenters. The van der Waals surface area contributed by atoms with E-state index in [2.05, 4.69) is 0 Å². The van der Waals surface area contributed by atoms with Gasteiger partial charge in [-0.25, -0.2) is 0 Å². The van der Waals surface area contributed by atoms with Gasteiger partial charge in [-0.1, -0.05) is 29.8 Å². The average Bonchev–Trinajstić information content (AvgIpc) is 3.04. The number of aliphatic hydroxyl groups is 1. The summed E-state index contributed by atoms with van der Waals surface area (Å²) in [6.45, 7) is 3.80. The monoisotopic (exact) mass is 463 g/mol. The number of carbonyl (C=O) groups is 2. The van der Waals surface area contributed by atoms with Crippen molar-refractivity contribution in [1.29, 1.82) is 0 Å². The fourth-order valence-electron chi connectivity index (χ4n) is 4.12. The van der Waals surface area contributed by atoms with Crippen LogP contribution in [0.25, 0.3) is 5.76 Å². The van der Waals surface area contributed by atoms with Crippen molar-refractivity contribution < 1.29 is 24.5 Å². The van der Waals surface area contributed by atoms with E-state index in [0.717, 1.165) is 11.1 Å². The zero-order chi connectivity index (χ0) is 23.9. The Morgan fingerprint density at radius 3 is 2.21 bits per heavy atom. The van der Waals surface area contributed by atoms with Gasteiger partial charge in [-0.15, -0.1) is 0 Å². The standard InChI is InChI=1S/C26H22ClNO5/c1-14-10-15(2)12-17(11-14)28-23(16-4-6-18(29)7-5-16)22(25(31)26(28)32)24(30)20-13-19(33-3)8-9-21(20)27/h4-13,23,29-30H,1-3H3/b24-22+. The Hall–Kier alpha value is -3.77. The number of amides is 1. The second-order valence-electron chi connectivity index (χ2n) is 7.95. The number of rotatable bonds is 4. The summed E-state index contributed by atoms with van der Waals surface area (Å²) >= 11 is 6.33. The third-order valence-corrected chi connectivity index (χ3v) is 5.90. The van der Waals surface area contributed by atoms with Gasteiger partial charge in [-0.05, 0) is 73.0 Å². The molecular weight excluding hydrogens is 442 g/mol. The summed E-state index contributed by atoms with van der Waals surface area (Å²) in [5.41, 5.74) is 3.01. The van der Waals surface area contributed by atoms with Gasteiger partial charge >= 0.3 is 0 Å². The van der Waals surface area contributed by atoms with Crippen LogP contribution in [-0.4, -0.2) is 29.0 Å². The predicted molar refractivity (Wildman–Crippen MR) is 127 cm³/mol. The molecule has 1 aliphatic heterocycles. The first-order chi connectivity index (χ1) is 15.7. The van der Waals surface area contributed by atoms with Gasteiger partial charge < -0.3 is 14.9 Å². The molecule has 1 saturated heterocycles. The molecule has 2 N–H and O–H groups in total. The summed E-state index contributed by atoms with van der Waals surface area (Å²) in [6, 6.07) is 15.5. The van der Waals surface area contributed by atoms with Crippen molar-refractivity contribution >= 4 is 34.7 Å². The molecule has 1 unspecified atom stereocenters. The van der Waals surface area contributed by atoms with E-state index in [1.165, 1.54) is 30.2 Å². The first-order valence-corrected chi connectivity index (χ1v) is 10.6. The van der Waals surface area contributed by atoms with Gasteiger partial charge in [0.05, 0.1) is 23.7 Å². The topological polar surface area (TPSA) is 87.1 Å². The maximum absolute atomic E-state index is 13.3. The number of Topliss-reactive ketones (excluding diaryl/α,β-unsaturated/α-hetero) is 1. The first-order valence-electron chi connectivity index (χ1n) is 10.2. The van der Waals surface area contributed by atoms with Crippen LogP contribution in [0.1, 0.15) is 28.3 Å². The van der Waals surface area contributed by atoms with E-state index in [1.807, 2.05) is 32.0 Å². The Bertz CT molecular complexity index is 1280. The number of hydrogen-bond acceptors (Lipinski definition) is 5. The summed E-state index contributed by atoms with van der Waals surface area (Å²) < 4.78 is 5.23. The Labute approximate surface area is 196 Å². The zero-order valence-corrected chi connectivity index (χ0v) is 19.1. The van der Waals surface area contributed by atoms with Crippen molar-refractivity contribution in [2.45, 2.75) is 19.9 Å². The molecular formula is C26H22ClNO5. The highest BCUT2D eigenvalue weighted by molar-refractivity contribution is 6.52. The van der Waals surface area contributed by atoms with Crippen molar-refractivity contribution in [3.05, 3.63) is 93.5 Å². The van der Waals surface area contributed by atoms with E-state index in [0.29, 0.717) is 17.0 Å². The third kappa shape index (κ3) is 4.05. The highest BCUT2D eigenvalue weighted by Crippen LogP contribution is 2.44. The lowest BCUT2D eigenvalue weighted by molar-refractivity contribution is -0.132. The summed E-state index contributed by atoms with van der Waals surface area (Å²) in [4.78, 5) is 27.9. The van der Waals surface area contributed by atoms with Crippen LogP contribution in [0.3, 0.4) is 0 Å². The molecule has 0 bridgehead atoms. The van der Waals surface area contributed by atoms with Gasteiger partial charge in [0.2, 0.25) is 0 Å². The van der Waals surface area contributed by atoms with E-state index in [9.17, 15) is 19.8 Å². The Kier molecular flexibility index (Phi) is 5.87. The molecule has 0 radical (unpaired) electrons. The van der Waals surface area contributed by atoms with Crippen molar-refractivity contribution in [2.75, 3.05) is 12.0 Å². The molecule has 0 saturated carbocycles. The highest BCUT2D eigenvalue weighted by atomic mass is 35.5. The van der Waals surface area contributed by atoms with Gasteiger partial charge in [-0.2, -0.15) is 0 Å². The van der Waals surface area contributed by atoms with Crippen LogP contribution in [0.2, 0.25) is 5.02 Å². The number of aromatic hydroxyl groups is 1. The maximum Gasteiger partial charge on any atom is 0.300 e. The zero-order valence-electron chi connectivity index (χ0n) is 18.3. The fraction of sp³-hybridized carbons (Fsp3) is 0.154. The van der Waals surface area contributed by atoms with Gasteiger partial charge in [0, 0.05) is 11.3 Å². The normalized spacial score (nSPS) is 17.5. The number of methoxy groups -OCH3 is 1. The van der Waals surface area contributed by atoms with Crippen LogP contribution in [0, 0.1) is 13.8 Å². The van der Waals surface area contributed by atoms with Crippen LogP contribution in [0.15, 0.2) is 66.2 Å². The molecule has 1 aliphatic rings. The fourth-order valence-corrected chi connectivity index (χ4v) is 4.33. The summed E-state index contributed by atoms with van der Waals surface area (Å²) in [6.07, 6.45) is 0. The molecule has 3 aromatic rings. The molecule has 4 rings (SSSR count). The SMILES string of the molecule is COc1ccc(Cl)c(/C(O)=C2\C(=O)C(=O)N(c3cc(C)cc(C)c3)C2c2ccc(O)cc2)c1. The average molecular weight is 464 g/mol. The van der Waals surface area contributed by atoms with Gasteiger partial charge in [0.1, 0.15) is 17.3 Å². The number of ether oxygens (including phenoxy) is 1. The molecule has 33 heavy (non-hydrogen) atoms. The Morgan fingerprint density at radius 2 is 1.61 bits per heavy atom. The minimum absolute atomic E-state index is 0.0398. The lowest BCUT2D eigenvalue weighted by Crippen LogP contribution is -2.29. The minimum Gasteiger partial charge on any atom is -0.508 e. The number of halogens is 1. The minimum atomic E-state index is -0.922. The summed E-state index contributed by atoms with van der Waals surface area (Å²) in [5, 5.41) is 21.2. The number of nitrogens with zero attached hydrogens (tertiary/aromatic N) is 1. The second-order valence-corrected chi connectivity index (χ2v) is 8.36. The third-order valence-electron chi connectivity index (χ3n) is 5.57. The largest absolute Gasteiger partial charge is 0.508 e. The van der Waals surface area contributed by atoms with Crippen molar-refractivity contribution in [1.82, 2.24) is 0 Å². The first kappa shape index (κ1) is 22.4. The number of carbonyl (C=O) groups excluding carboxylic acids is 2. The maximum atomic E-state index is 13.3. The molecule has 0 aromatic heterocycles. The molecule has 6 nitrogen and oxygen atoms in total. The summed E-state index contributed by atoms with van der Waals surface area (Å²) in [5.74, 6) is -1.52. The van der Waals surface area contributed by atoms with Crippen LogP contribution in [-0.2, 0) is 9.59 Å². The van der Waals surface area contributed by atoms with E-state index in [4.69, 9.17) is 16.3 Å². The number of aryl methyl sites for hydroxylation is 2. The van der Waals surface area contributed by atoms with E-state index >= 15 is 0 Å². The molecule has 1 heterocycles. The van der Waals surface area contributed by atoms with Crippen molar-refractivity contribution in [2.24, 2.45) is 0 Å². The van der Waals surface area contributed by atoms with Crippen molar-refractivity contribution in [3.63, 3.8) is 0 Å². The number of phenolic OH excluding ortho intramolecular Hbond substituents is 1. The molecule has 3 aromatic carbocycles. The Morgan fingerprint density at radius 1 is 0.970 bits per heavy atom. The molecule has 7 heteroatoms. The molecule has 1 amide bonds. The smallest absolute Gasteiger partial charge is 0.300 e. The van der Waals surface area contributed by atoms with Crippen molar-refractivity contribution in [3.8, 4) is 11.5 Å². The molecule has 1 fully saturated rings. The predicted octanol–water partition coefficient (Wildman–Crippen LogP) is 5.30. The van der Waals surface area contributed by atoms with Gasteiger partial charge in [-0.3, -0.25) is 14.5 Å². The van der Waals surface area contributed by atoms with E-state index < -0.39 is 23.5 Å². The lowest BCUT2D eigenvalue weighted by Gasteiger charge is -2.26. The number of ketones is 1. The van der Waals surface area contributed by atoms with Crippen LogP contribution in [0.4, 0.5) is 5.69 Å². The van der Waals surface area contributed by atoms with Crippen LogP contribution >= 0.6 is 11.6 Å². The molecule has 0 spiro atoms. The number of phenols is 1. The lowest BCUT2D eigenvalue weighted by atomic mass is 9.94. The van der Waals surface area contributed by atoms with E-state index in [1.54, 1.807) is 24.3 Å². The number of anilines is 1.